The van der Waals surface area contributed by atoms with Crippen molar-refractivity contribution in [3.8, 4) is 5.75 Å². The Morgan fingerprint density at radius 3 is 2.80 bits per heavy atom. The second-order valence-electron chi connectivity index (χ2n) is 4.62. The van der Waals surface area contributed by atoms with E-state index in [2.05, 4.69) is 0 Å². The molecule has 0 aliphatic carbocycles. The molecule has 0 bridgehead atoms. The van der Waals surface area contributed by atoms with Crippen LogP contribution < -0.4 is 10.5 Å². The molecule has 1 aromatic rings. The van der Waals surface area contributed by atoms with Gasteiger partial charge in [0.2, 0.25) is 11.8 Å². The molecule has 1 saturated heterocycles. The number of rotatable bonds is 5. The fourth-order valence-corrected chi connectivity index (χ4v) is 3.58. The molecule has 2 rings (SSSR count). The van der Waals surface area contributed by atoms with Crippen molar-refractivity contribution in [1.82, 2.24) is 4.90 Å². The van der Waals surface area contributed by atoms with Gasteiger partial charge in [-0.3, -0.25) is 9.59 Å². The standard InChI is InChI=1S/C14H18N2O3S/c1-9-13(18)16(8-7-12(15)17)14(20-9)10-5-3-4-6-11(10)19-2/h3-6,9,14H,7-8H2,1-2H3,(H2,15,17). The summed E-state index contributed by atoms with van der Waals surface area (Å²) in [4.78, 5) is 24.9. The monoisotopic (exact) mass is 294 g/mol. The number of amides is 2. The van der Waals surface area contributed by atoms with E-state index in [0.717, 1.165) is 11.3 Å². The van der Waals surface area contributed by atoms with Crippen LogP contribution in [0.5, 0.6) is 5.75 Å². The number of carbonyl (C=O) groups is 2. The minimum absolute atomic E-state index is 0.0344. The van der Waals surface area contributed by atoms with Gasteiger partial charge in [0, 0.05) is 18.5 Å². The lowest BCUT2D eigenvalue weighted by atomic mass is 10.1. The van der Waals surface area contributed by atoms with Crippen molar-refractivity contribution < 1.29 is 14.3 Å². The van der Waals surface area contributed by atoms with Crippen molar-refractivity contribution in [3.63, 3.8) is 0 Å². The van der Waals surface area contributed by atoms with Gasteiger partial charge in [0.05, 0.1) is 12.4 Å². The summed E-state index contributed by atoms with van der Waals surface area (Å²) in [6.45, 7) is 2.22. The quantitative estimate of drug-likeness (QED) is 0.894. The maximum atomic E-state index is 12.2. The molecular weight excluding hydrogens is 276 g/mol. The van der Waals surface area contributed by atoms with E-state index in [1.165, 1.54) is 0 Å². The van der Waals surface area contributed by atoms with Gasteiger partial charge in [0.1, 0.15) is 11.1 Å². The molecule has 1 fully saturated rings. The normalized spacial score (nSPS) is 22.1. The highest BCUT2D eigenvalue weighted by Crippen LogP contribution is 2.45. The fourth-order valence-electron chi connectivity index (χ4n) is 2.24. The molecule has 2 atom stereocenters. The summed E-state index contributed by atoms with van der Waals surface area (Å²) in [5.41, 5.74) is 6.13. The average Bonchev–Trinajstić information content (AvgIpc) is 2.72. The number of ether oxygens (including phenoxy) is 1. The first-order chi connectivity index (χ1) is 9.54. The number of methoxy groups -OCH3 is 1. The van der Waals surface area contributed by atoms with E-state index in [4.69, 9.17) is 10.5 Å². The van der Waals surface area contributed by atoms with E-state index >= 15 is 0 Å². The third-order valence-corrected chi connectivity index (χ3v) is 4.63. The molecule has 1 aromatic carbocycles. The Morgan fingerprint density at radius 1 is 1.45 bits per heavy atom. The van der Waals surface area contributed by atoms with Crippen molar-refractivity contribution in [3.05, 3.63) is 29.8 Å². The summed E-state index contributed by atoms with van der Waals surface area (Å²) < 4.78 is 5.36. The fraction of sp³-hybridized carbons (Fsp3) is 0.429. The van der Waals surface area contributed by atoms with Crippen LogP contribution in [0.2, 0.25) is 0 Å². The first-order valence-electron chi connectivity index (χ1n) is 6.41. The molecule has 2 N–H and O–H groups in total. The predicted octanol–water partition coefficient (Wildman–Crippen LogP) is 1.53. The van der Waals surface area contributed by atoms with E-state index in [1.54, 1.807) is 23.8 Å². The SMILES string of the molecule is COc1ccccc1C1SC(C)C(=O)N1CCC(N)=O. The van der Waals surface area contributed by atoms with Crippen LogP contribution in [0.15, 0.2) is 24.3 Å². The summed E-state index contributed by atoms with van der Waals surface area (Å²) >= 11 is 1.56. The van der Waals surface area contributed by atoms with Crippen molar-refractivity contribution in [1.29, 1.82) is 0 Å². The van der Waals surface area contributed by atoms with Gasteiger partial charge in [-0.15, -0.1) is 11.8 Å². The van der Waals surface area contributed by atoms with Gasteiger partial charge in [0.25, 0.3) is 0 Å². The molecule has 5 nitrogen and oxygen atoms in total. The summed E-state index contributed by atoms with van der Waals surface area (Å²) in [5, 5.41) is -0.259. The summed E-state index contributed by atoms with van der Waals surface area (Å²) in [5.74, 6) is 0.379. The van der Waals surface area contributed by atoms with E-state index in [9.17, 15) is 9.59 Å². The zero-order chi connectivity index (χ0) is 14.7. The molecule has 0 aromatic heterocycles. The molecule has 2 amide bonds. The molecular formula is C14H18N2O3S. The number of nitrogens with zero attached hydrogens (tertiary/aromatic N) is 1. The lowest BCUT2D eigenvalue weighted by Gasteiger charge is -2.24. The molecule has 2 unspecified atom stereocenters. The summed E-state index contributed by atoms with van der Waals surface area (Å²) in [6.07, 6.45) is 0.171. The van der Waals surface area contributed by atoms with Gasteiger partial charge in [-0.1, -0.05) is 18.2 Å². The number of carbonyl (C=O) groups excluding carboxylic acids is 2. The maximum Gasteiger partial charge on any atom is 0.236 e. The second-order valence-corrected chi connectivity index (χ2v) is 6.05. The van der Waals surface area contributed by atoms with Gasteiger partial charge in [-0.2, -0.15) is 0 Å². The number of benzene rings is 1. The number of primary amides is 1. The van der Waals surface area contributed by atoms with Crippen molar-refractivity contribution in [2.45, 2.75) is 24.0 Å². The molecule has 0 radical (unpaired) electrons. The Morgan fingerprint density at radius 2 is 2.15 bits per heavy atom. The molecule has 0 spiro atoms. The first kappa shape index (κ1) is 14.7. The largest absolute Gasteiger partial charge is 0.496 e. The van der Waals surface area contributed by atoms with Gasteiger partial charge in [-0.25, -0.2) is 0 Å². The van der Waals surface area contributed by atoms with Crippen LogP contribution >= 0.6 is 11.8 Å². The number of nitrogens with two attached hydrogens (primary N) is 1. The molecule has 108 valence electrons. The topological polar surface area (TPSA) is 72.6 Å². The van der Waals surface area contributed by atoms with Crippen LogP contribution in [-0.2, 0) is 9.59 Å². The van der Waals surface area contributed by atoms with E-state index in [0.29, 0.717) is 6.54 Å². The van der Waals surface area contributed by atoms with Gasteiger partial charge in [0.15, 0.2) is 0 Å². The van der Waals surface area contributed by atoms with Crippen LogP contribution in [0.1, 0.15) is 24.3 Å². The van der Waals surface area contributed by atoms with Crippen molar-refractivity contribution in [2.75, 3.05) is 13.7 Å². The average molecular weight is 294 g/mol. The minimum atomic E-state index is -0.402. The summed E-state index contributed by atoms with van der Waals surface area (Å²) in [7, 11) is 1.61. The van der Waals surface area contributed by atoms with E-state index in [1.807, 2.05) is 31.2 Å². The molecule has 1 aliphatic heterocycles. The van der Waals surface area contributed by atoms with Crippen LogP contribution in [0, 0.1) is 0 Å². The Bertz CT molecular complexity index is 521. The Balaban J connectivity index is 2.27. The second kappa shape index (κ2) is 6.17. The smallest absolute Gasteiger partial charge is 0.236 e. The zero-order valence-electron chi connectivity index (χ0n) is 11.5. The number of para-hydroxylation sites is 1. The maximum absolute atomic E-state index is 12.2. The highest BCUT2D eigenvalue weighted by molar-refractivity contribution is 8.01. The third kappa shape index (κ3) is 2.90. The predicted molar refractivity (Wildman–Crippen MR) is 78.3 cm³/mol. The highest BCUT2D eigenvalue weighted by atomic mass is 32.2. The van der Waals surface area contributed by atoms with Crippen LogP contribution in [0.4, 0.5) is 0 Å². The van der Waals surface area contributed by atoms with Crippen LogP contribution in [-0.4, -0.2) is 35.6 Å². The number of thioether (sulfide) groups is 1. The number of hydrogen-bond acceptors (Lipinski definition) is 4. The first-order valence-corrected chi connectivity index (χ1v) is 7.36. The third-order valence-electron chi connectivity index (χ3n) is 3.25. The zero-order valence-corrected chi connectivity index (χ0v) is 12.4. The molecule has 20 heavy (non-hydrogen) atoms. The molecule has 0 saturated carbocycles. The Hall–Kier alpha value is -1.69. The highest BCUT2D eigenvalue weighted by Gasteiger charge is 2.39. The lowest BCUT2D eigenvalue weighted by molar-refractivity contribution is -0.130. The Kier molecular flexibility index (Phi) is 4.54. The van der Waals surface area contributed by atoms with Gasteiger partial charge < -0.3 is 15.4 Å². The minimum Gasteiger partial charge on any atom is -0.496 e. The van der Waals surface area contributed by atoms with Gasteiger partial charge >= 0.3 is 0 Å². The van der Waals surface area contributed by atoms with Gasteiger partial charge in [-0.05, 0) is 13.0 Å². The Labute approximate surface area is 122 Å². The van der Waals surface area contributed by atoms with Crippen LogP contribution in [0.25, 0.3) is 0 Å². The van der Waals surface area contributed by atoms with Crippen molar-refractivity contribution >= 4 is 23.6 Å². The molecule has 6 heteroatoms. The van der Waals surface area contributed by atoms with Crippen LogP contribution in [0.3, 0.4) is 0 Å². The number of hydrogen-bond donors (Lipinski definition) is 1. The molecule has 1 aliphatic rings. The molecule has 1 heterocycles. The van der Waals surface area contributed by atoms with E-state index < -0.39 is 5.91 Å². The summed E-state index contributed by atoms with van der Waals surface area (Å²) in [6, 6.07) is 7.62. The van der Waals surface area contributed by atoms with Crippen molar-refractivity contribution in [2.24, 2.45) is 5.73 Å². The van der Waals surface area contributed by atoms with E-state index in [-0.39, 0.29) is 23.0 Å². The lowest BCUT2D eigenvalue weighted by Crippen LogP contribution is -2.33.